The number of carbonyl (C=O) groups is 1. The van der Waals surface area contributed by atoms with Crippen molar-refractivity contribution in [2.75, 3.05) is 18.0 Å². The van der Waals surface area contributed by atoms with Gasteiger partial charge in [-0.2, -0.15) is 0 Å². The number of carbonyl (C=O) groups excluding carboxylic acids is 1. The zero-order valence-corrected chi connectivity index (χ0v) is 9.42. The van der Waals surface area contributed by atoms with Crippen molar-refractivity contribution in [2.24, 2.45) is 0 Å². The molecule has 1 aromatic rings. The maximum absolute atomic E-state index is 11.2. The number of Topliss-reactive ketones (excluding diaryl/α,β-unsaturated/α-hetero) is 1. The van der Waals surface area contributed by atoms with Crippen LogP contribution in [0.2, 0.25) is 0 Å². The summed E-state index contributed by atoms with van der Waals surface area (Å²) in [5, 5.41) is 0. The van der Waals surface area contributed by atoms with Crippen LogP contribution in [-0.2, 0) is 4.79 Å². The van der Waals surface area contributed by atoms with Crippen molar-refractivity contribution in [3.63, 3.8) is 0 Å². The number of piperidine rings is 1. The summed E-state index contributed by atoms with van der Waals surface area (Å²) in [4.78, 5) is 13.5. The molecule has 1 aliphatic rings. The van der Waals surface area contributed by atoms with E-state index in [1.54, 1.807) is 0 Å². The van der Waals surface area contributed by atoms with Crippen LogP contribution in [0.1, 0.15) is 24.0 Å². The molecule has 0 aromatic heterocycles. The van der Waals surface area contributed by atoms with E-state index in [-0.39, 0.29) is 0 Å². The molecule has 2 rings (SSSR count). The van der Waals surface area contributed by atoms with Crippen molar-refractivity contribution < 1.29 is 4.79 Å². The summed E-state index contributed by atoms with van der Waals surface area (Å²) in [5.41, 5.74) is 3.96. The van der Waals surface area contributed by atoms with E-state index >= 15 is 0 Å². The molecule has 80 valence electrons. The molecule has 1 fully saturated rings. The third-order valence-electron chi connectivity index (χ3n) is 3.24. The number of nitrogens with zero attached hydrogens (tertiary/aromatic N) is 1. The Kier molecular flexibility index (Phi) is 2.76. The smallest absolute Gasteiger partial charge is 0.136 e. The van der Waals surface area contributed by atoms with E-state index in [2.05, 4.69) is 36.9 Å². The molecule has 0 atom stereocenters. The summed E-state index contributed by atoms with van der Waals surface area (Å²) in [7, 11) is 0. The number of anilines is 1. The summed E-state index contributed by atoms with van der Waals surface area (Å²) in [5.74, 6) is 0.400. The molecule has 1 aliphatic heterocycles. The highest BCUT2D eigenvalue weighted by Gasteiger charge is 2.17. The minimum Gasteiger partial charge on any atom is -0.370 e. The number of benzene rings is 1. The zero-order chi connectivity index (χ0) is 10.8. The maximum Gasteiger partial charge on any atom is 0.136 e. The van der Waals surface area contributed by atoms with Gasteiger partial charge >= 0.3 is 0 Å². The van der Waals surface area contributed by atoms with Crippen molar-refractivity contribution in [1.82, 2.24) is 0 Å². The van der Waals surface area contributed by atoms with Gasteiger partial charge in [0.05, 0.1) is 0 Å². The van der Waals surface area contributed by atoms with E-state index < -0.39 is 0 Å². The molecule has 0 radical (unpaired) electrons. The maximum atomic E-state index is 11.2. The first-order valence-electron chi connectivity index (χ1n) is 5.51. The molecule has 0 saturated carbocycles. The molecule has 1 heterocycles. The highest BCUT2D eigenvalue weighted by molar-refractivity contribution is 5.81. The molecule has 0 spiro atoms. The summed E-state index contributed by atoms with van der Waals surface area (Å²) < 4.78 is 0. The Morgan fingerprint density at radius 2 is 1.80 bits per heavy atom. The first-order valence-corrected chi connectivity index (χ1v) is 5.51. The first kappa shape index (κ1) is 10.2. The Morgan fingerprint density at radius 1 is 1.13 bits per heavy atom. The first-order chi connectivity index (χ1) is 7.18. The van der Waals surface area contributed by atoms with Gasteiger partial charge in [0.15, 0.2) is 0 Å². The van der Waals surface area contributed by atoms with Crippen LogP contribution in [0.25, 0.3) is 0 Å². The minimum atomic E-state index is 0.400. The van der Waals surface area contributed by atoms with Crippen LogP contribution in [0, 0.1) is 13.8 Å². The topological polar surface area (TPSA) is 20.3 Å². The fraction of sp³-hybridized carbons (Fsp3) is 0.462. The Balaban J connectivity index is 2.22. The lowest BCUT2D eigenvalue weighted by Crippen LogP contribution is -2.34. The second kappa shape index (κ2) is 4.05. The number of aryl methyl sites for hydroxylation is 1. The molecule has 2 nitrogen and oxygen atoms in total. The molecule has 1 saturated heterocycles. The van der Waals surface area contributed by atoms with Crippen molar-refractivity contribution in [3.8, 4) is 0 Å². The van der Waals surface area contributed by atoms with Gasteiger partial charge in [-0.25, -0.2) is 0 Å². The second-order valence-corrected chi connectivity index (χ2v) is 4.24. The van der Waals surface area contributed by atoms with Gasteiger partial charge in [0.1, 0.15) is 5.78 Å². The lowest BCUT2D eigenvalue weighted by molar-refractivity contribution is -0.119. The Hall–Kier alpha value is -1.31. The zero-order valence-electron chi connectivity index (χ0n) is 9.42. The average Bonchev–Trinajstić information content (AvgIpc) is 2.24. The SMILES string of the molecule is Cc1cccc(N2CCC(=O)CC2)c1C. The van der Waals surface area contributed by atoms with Gasteiger partial charge in [0.25, 0.3) is 0 Å². The molecule has 0 N–H and O–H groups in total. The summed E-state index contributed by atoms with van der Waals surface area (Å²) in [6.07, 6.45) is 1.40. The fourth-order valence-corrected chi connectivity index (χ4v) is 2.08. The summed E-state index contributed by atoms with van der Waals surface area (Å²) in [6, 6.07) is 6.38. The molecular formula is C13H17NO. The van der Waals surface area contributed by atoms with Gasteiger partial charge in [0.2, 0.25) is 0 Å². The van der Waals surface area contributed by atoms with Crippen LogP contribution in [0.5, 0.6) is 0 Å². The predicted octanol–water partition coefficient (Wildman–Crippen LogP) is 2.47. The number of rotatable bonds is 1. The van der Waals surface area contributed by atoms with E-state index in [9.17, 15) is 4.79 Å². The van der Waals surface area contributed by atoms with E-state index in [0.29, 0.717) is 18.6 Å². The average molecular weight is 203 g/mol. The lowest BCUT2D eigenvalue weighted by Gasteiger charge is -2.30. The van der Waals surface area contributed by atoms with Gasteiger partial charge in [-0.05, 0) is 31.0 Å². The molecule has 0 bridgehead atoms. The van der Waals surface area contributed by atoms with E-state index in [1.165, 1.54) is 16.8 Å². The van der Waals surface area contributed by atoms with Crippen LogP contribution in [0.3, 0.4) is 0 Å². The van der Waals surface area contributed by atoms with Gasteiger partial charge in [0, 0.05) is 31.6 Å². The van der Waals surface area contributed by atoms with Gasteiger partial charge in [-0.3, -0.25) is 4.79 Å². The minimum absolute atomic E-state index is 0.400. The van der Waals surface area contributed by atoms with Crippen molar-refractivity contribution in [2.45, 2.75) is 26.7 Å². The van der Waals surface area contributed by atoms with Crippen molar-refractivity contribution in [1.29, 1.82) is 0 Å². The number of hydrogen-bond acceptors (Lipinski definition) is 2. The number of hydrogen-bond donors (Lipinski definition) is 0. The Bertz CT molecular complexity index is 374. The van der Waals surface area contributed by atoms with Crippen LogP contribution >= 0.6 is 0 Å². The van der Waals surface area contributed by atoms with Gasteiger partial charge in [-0.15, -0.1) is 0 Å². The van der Waals surface area contributed by atoms with Crippen LogP contribution in [-0.4, -0.2) is 18.9 Å². The van der Waals surface area contributed by atoms with Crippen molar-refractivity contribution >= 4 is 11.5 Å². The highest BCUT2D eigenvalue weighted by Crippen LogP contribution is 2.24. The third-order valence-corrected chi connectivity index (χ3v) is 3.24. The Morgan fingerprint density at radius 3 is 2.47 bits per heavy atom. The Labute approximate surface area is 90.9 Å². The monoisotopic (exact) mass is 203 g/mol. The third kappa shape index (κ3) is 2.04. The summed E-state index contributed by atoms with van der Waals surface area (Å²) >= 11 is 0. The van der Waals surface area contributed by atoms with E-state index in [1.807, 2.05) is 0 Å². The van der Waals surface area contributed by atoms with Gasteiger partial charge in [-0.1, -0.05) is 12.1 Å². The molecule has 0 aliphatic carbocycles. The quantitative estimate of drug-likeness (QED) is 0.699. The lowest BCUT2D eigenvalue weighted by atomic mass is 10.0. The van der Waals surface area contributed by atoms with Gasteiger partial charge < -0.3 is 4.90 Å². The molecule has 15 heavy (non-hydrogen) atoms. The molecule has 0 unspecified atom stereocenters. The molecular weight excluding hydrogens is 186 g/mol. The second-order valence-electron chi connectivity index (χ2n) is 4.24. The van der Waals surface area contributed by atoms with Crippen LogP contribution < -0.4 is 4.90 Å². The van der Waals surface area contributed by atoms with Crippen molar-refractivity contribution in [3.05, 3.63) is 29.3 Å². The molecule has 2 heteroatoms. The molecule has 1 aromatic carbocycles. The largest absolute Gasteiger partial charge is 0.370 e. The van der Waals surface area contributed by atoms with Crippen LogP contribution in [0.4, 0.5) is 5.69 Å². The summed E-state index contributed by atoms with van der Waals surface area (Å²) in [6.45, 7) is 6.04. The highest BCUT2D eigenvalue weighted by atomic mass is 16.1. The van der Waals surface area contributed by atoms with E-state index in [4.69, 9.17) is 0 Å². The molecule has 0 amide bonds. The number of ketones is 1. The normalized spacial score (nSPS) is 16.9. The van der Waals surface area contributed by atoms with Crippen LogP contribution in [0.15, 0.2) is 18.2 Å². The standard InChI is InChI=1S/C13H17NO/c1-10-4-3-5-13(11(10)2)14-8-6-12(15)7-9-14/h3-5H,6-9H2,1-2H3. The predicted molar refractivity (Wildman–Crippen MR) is 62.4 cm³/mol. The fourth-order valence-electron chi connectivity index (χ4n) is 2.08. The van der Waals surface area contributed by atoms with E-state index in [0.717, 1.165) is 13.1 Å².